The Hall–Kier alpha value is -2.64. The molecule has 2 aromatic carbocycles. The van der Waals surface area contributed by atoms with E-state index >= 15 is 0 Å². The van der Waals surface area contributed by atoms with Crippen molar-refractivity contribution in [1.29, 1.82) is 0 Å². The lowest BCUT2D eigenvalue weighted by Gasteiger charge is -2.00. The third-order valence-corrected chi connectivity index (χ3v) is 2.67. The van der Waals surface area contributed by atoms with Gasteiger partial charge in [-0.3, -0.25) is 10.1 Å². The molecule has 0 aromatic heterocycles. The van der Waals surface area contributed by atoms with Crippen molar-refractivity contribution >= 4 is 5.69 Å². The molecule has 0 fully saturated rings. The van der Waals surface area contributed by atoms with Crippen LogP contribution < -0.4 is 5.32 Å². The molecule has 100 valence electrons. The minimum atomic E-state index is -0.390. The molecule has 0 saturated carbocycles. The molecule has 0 amide bonds. The monoisotopic (exact) mass is 266 g/mol. The van der Waals surface area contributed by atoms with Gasteiger partial charge < -0.3 is 5.32 Å². The lowest BCUT2D eigenvalue weighted by atomic mass is 10.2. The molecule has 0 spiro atoms. The molecule has 0 aliphatic heterocycles. The van der Waals surface area contributed by atoms with Gasteiger partial charge in [0.25, 0.3) is 5.69 Å². The number of hydrogen-bond donors (Lipinski definition) is 1. The van der Waals surface area contributed by atoms with E-state index in [1.807, 2.05) is 36.4 Å². The molecule has 4 nitrogen and oxygen atoms in total. The molecule has 0 atom stereocenters. The number of nitrogens with one attached hydrogen (secondary N) is 1. The van der Waals surface area contributed by atoms with E-state index in [0.717, 1.165) is 11.1 Å². The molecular formula is C16H14N2O2. The van der Waals surface area contributed by atoms with Crippen molar-refractivity contribution in [2.75, 3.05) is 6.54 Å². The predicted octanol–water partition coefficient (Wildman–Crippen LogP) is 2.74. The fraction of sp³-hybridized carbons (Fsp3) is 0.125. The van der Waals surface area contributed by atoms with Crippen LogP contribution in [0.3, 0.4) is 0 Å². The SMILES string of the molecule is O=[N+]([O-])c1cccc(CNCC#Cc2ccccc2)c1. The molecule has 0 bridgehead atoms. The summed E-state index contributed by atoms with van der Waals surface area (Å²) in [5.74, 6) is 6.05. The molecule has 4 heteroatoms. The molecular weight excluding hydrogens is 252 g/mol. The van der Waals surface area contributed by atoms with Crippen LogP contribution in [0.1, 0.15) is 11.1 Å². The van der Waals surface area contributed by atoms with Crippen LogP contribution in [0.25, 0.3) is 0 Å². The van der Waals surface area contributed by atoms with Gasteiger partial charge in [0.1, 0.15) is 0 Å². The van der Waals surface area contributed by atoms with Gasteiger partial charge in [-0.05, 0) is 17.7 Å². The summed E-state index contributed by atoms with van der Waals surface area (Å²) in [4.78, 5) is 10.3. The summed E-state index contributed by atoms with van der Waals surface area (Å²) >= 11 is 0. The second-order valence-electron chi connectivity index (χ2n) is 4.20. The molecule has 0 aliphatic carbocycles. The van der Waals surface area contributed by atoms with Gasteiger partial charge in [0.05, 0.1) is 11.5 Å². The number of non-ortho nitro benzene ring substituents is 1. The summed E-state index contributed by atoms with van der Waals surface area (Å²) in [6.45, 7) is 1.10. The van der Waals surface area contributed by atoms with E-state index < -0.39 is 4.92 Å². The van der Waals surface area contributed by atoms with Crippen LogP contribution in [0.15, 0.2) is 54.6 Å². The Labute approximate surface area is 117 Å². The van der Waals surface area contributed by atoms with Crippen LogP contribution in [-0.4, -0.2) is 11.5 Å². The maximum absolute atomic E-state index is 10.6. The third kappa shape index (κ3) is 4.23. The standard InChI is InChI=1S/C16H14N2O2/c19-18(20)16-10-4-8-15(12-16)13-17-11-5-9-14-6-2-1-3-7-14/h1-4,6-8,10,12,17H,11,13H2. The van der Waals surface area contributed by atoms with Crippen LogP contribution in [-0.2, 0) is 6.54 Å². The normalized spacial score (nSPS) is 9.60. The molecule has 0 heterocycles. The van der Waals surface area contributed by atoms with Crippen LogP contribution in [0.2, 0.25) is 0 Å². The van der Waals surface area contributed by atoms with Crippen molar-refractivity contribution in [3.05, 3.63) is 75.8 Å². The minimum absolute atomic E-state index is 0.111. The first-order chi connectivity index (χ1) is 9.75. The lowest BCUT2D eigenvalue weighted by Crippen LogP contribution is -2.13. The van der Waals surface area contributed by atoms with Crippen molar-refractivity contribution in [3.63, 3.8) is 0 Å². The number of rotatable bonds is 4. The maximum atomic E-state index is 10.6. The van der Waals surface area contributed by atoms with Crippen LogP contribution >= 0.6 is 0 Å². The highest BCUT2D eigenvalue weighted by Gasteiger charge is 2.04. The van der Waals surface area contributed by atoms with Crippen molar-refractivity contribution in [3.8, 4) is 11.8 Å². The fourth-order valence-corrected chi connectivity index (χ4v) is 1.72. The van der Waals surface area contributed by atoms with Crippen molar-refractivity contribution in [1.82, 2.24) is 5.32 Å². The van der Waals surface area contributed by atoms with E-state index in [1.165, 1.54) is 6.07 Å². The van der Waals surface area contributed by atoms with Gasteiger partial charge in [0, 0.05) is 24.2 Å². The Morgan fingerprint density at radius 1 is 1.10 bits per heavy atom. The van der Waals surface area contributed by atoms with Crippen LogP contribution in [0, 0.1) is 22.0 Å². The van der Waals surface area contributed by atoms with Gasteiger partial charge in [0.15, 0.2) is 0 Å². The first-order valence-corrected chi connectivity index (χ1v) is 6.24. The van der Waals surface area contributed by atoms with Crippen molar-refractivity contribution in [2.24, 2.45) is 0 Å². The van der Waals surface area contributed by atoms with Crippen LogP contribution in [0.4, 0.5) is 5.69 Å². The second-order valence-corrected chi connectivity index (χ2v) is 4.20. The van der Waals surface area contributed by atoms with Crippen molar-refractivity contribution < 1.29 is 4.92 Å². The van der Waals surface area contributed by atoms with Gasteiger partial charge in [0.2, 0.25) is 0 Å². The van der Waals surface area contributed by atoms with Crippen LogP contribution in [0.5, 0.6) is 0 Å². The van der Waals surface area contributed by atoms with E-state index in [-0.39, 0.29) is 5.69 Å². The Morgan fingerprint density at radius 3 is 2.65 bits per heavy atom. The van der Waals surface area contributed by atoms with Crippen molar-refractivity contribution in [2.45, 2.75) is 6.54 Å². The molecule has 1 N–H and O–H groups in total. The number of hydrogen-bond acceptors (Lipinski definition) is 3. The quantitative estimate of drug-likeness (QED) is 0.400. The largest absolute Gasteiger partial charge is 0.302 e. The summed E-state index contributed by atoms with van der Waals surface area (Å²) in [7, 11) is 0. The average Bonchev–Trinajstić information content (AvgIpc) is 2.48. The smallest absolute Gasteiger partial charge is 0.269 e. The summed E-state index contributed by atoms with van der Waals surface area (Å²) in [6.07, 6.45) is 0. The van der Waals surface area contributed by atoms with E-state index in [1.54, 1.807) is 12.1 Å². The molecule has 0 aliphatic rings. The first kappa shape index (κ1) is 13.8. The lowest BCUT2D eigenvalue weighted by molar-refractivity contribution is -0.384. The molecule has 0 saturated heterocycles. The van der Waals surface area contributed by atoms with E-state index in [4.69, 9.17) is 0 Å². The highest BCUT2D eigenvalue weighted by atomic mass is 16.6. The van der Waals surface area contributed by atoms with E-state index in [9.17, 15) is 10.1 Å². The molecule has 2 rings (SSSR count). The molecule has 2 aromatic rings. The van der Waals surface area contributed by atoms with Gasteiger partial charge in [-0.25, -0.2) is 0 Å². The topological polar surface area (TPSA) is 55.2 Å². The van der Waals surface area contributed by atoms with E-state index in [2.05, 4.69) is 17.2 Å². The Bertz CT molecular complexity index is 642. The number of nitro groups is 1. The average molecular weight is 266 g/mol. The summed E-state index contributed by atoms with van der Waals surface area (Å²) in [5.41, 5.74) is 1.96. The van der Waals surface area contributed by atoms with Gasteiger partial charge in [-0.1, -0.05) is 42.2 Å². The fourth-order valence-electron chi connectivity index (χ4n) is 1.72. The number of nitro benzene ring substituents is 1. The Morgan fingerprint density at radius 2 is 1.90 bits per heavy atom. The third-order valence-electron chi connectivity index (χ3n) is 2.67. The predicted molar refractivity (Wildman–Crippen MR) is 78.1 cm³/mol. The molecule has 0 radical (unpaired) electrons. The first-order valence-electron chi connectivity index (χ1n) is 6.24. The Kier molecular flexibility index (Phi) is 4.87. The Balaban J connectivity index is 1.83. The van der Waals surface area contributed by atoms with E-state index in [0.29, 0.717) is 13.1 Å². The van der Waals surface area contributed by atoms with Gasteiger partial charge in [-0.2, -0.15) is 0 Å². The highest BCUT2D eigenvalue weighted by molar-refractivity contribution is 5.35. The number of nitrogens with zero attached hydrogens (tertiary/aromatic N) is 1. The molecule has 0 unspecified atom stereocenters. The summed E-state index contributed by atoms with van der Waals surface area (Å²) in [5, 5.41) is 13.8. The zero-order chi connectivity index (χ0) is 14.2. The van der Waals surface area contributed by atoms with Gasteiger partial charge >= 0.3 is 0 Å². The molecule has 20 heavy (non-hydrogen) atoms. The zero-order valence-electron chi connectivity index (χ0n) is 10.9. The zero-order valence-corrected chi connectivity index (χ0v) is 10.9. The summed E-state index contributed by atoms with van der Waals surface area (Å²) < 4.78 is 0. The maximum Gasteiger partial charge on any atom is 0.269 e. The second kappa shape index (κ2) is 7.07. The van der Waals surface area contributed by atoms with Gasteiger partial charge in [-0.15, -0.1) is 0 Å². The highest BCUT2D eigenvalue weighted by Crippen LogP contribution is 2.12. The summed E-state index contributed by atoms with van der Waals surface area (Å²) in [6, 6.07) is 16.3. The number of benzene rings is 2. The minimum Gasteiger partial charge on any atom is -0.302 e.